The second kappa shape index (κ2) is 5.11. The molecule has 0 heterocycles. The highest BCUT2D eigenvalue weighted by Crippen LogP contribution is 2.32. The molecule has 0 bridgehead atoms. The third kappa shape index (κ3) is 3.30. The number of ketones is 1. The highest BCUT2D eigenvalue weighted by molar-refractivity contribution is 5.79. The molecule has 2 nitrogen and oxygen atoms in total. The van der Waals surface area contributed by atoms with Crippen molar-refractivity contribution in [3.8, 4) is 0 Å². The molecule has 0 atom stereocenters. The average Bonchev–Trinajstić information content (AvgIpc) is 3.02. The van der Waals surface area contributed by atoms with Gasteiger partial charge in [0.05, 0.1) is 0 Å². The lowest BCUT2D eigenvalue weighted by Gasteiger charge is -2.33. The van der Waals surface area contributed by atoms with Crippen LogP contribution in [0.25, 0.3) is 0 Å². The molecule has 0 radical (unpaired) electrons. The first-order valence-corrected chi connectivity index (χ1v) is 6.55. The van der Waals surface area contributed by atoms with Gasteiger partial charge in [0.1, 0.15) is 5.78 Å². The second-order valence-electron chi connectivity index (χ2n) is 5.21. The molecule has 2 fully saturated rings. The van der Waals surface area contributed by atoms with Crippen LogP contribution in [-0.2, 0) is 4.79 Å². The van der Waals surface area contributed by atoms with Crippen molar-refractivity contribution < 1.29 is 4.79 Å². The molecule has 0 aromatic heterocycles. The maximum atomic E-state index is 11.2. The predicted octanol–water partition coefficient (Wildman–Crippen LogP) is 2.62. The summed E-state index contributed by atoms with van der Waals surface area (Å²) in [5, 5.41) is 0. The van der Waals surface area contributed by atoms with Crippen molar-refractivity contribution >= 4 is 5.78 Å². The zero-order valence-electron chi connectivity index (χ0n) is 9.87. The highest BCUT2D eigenvalue weighted by atomic mass is 16.1. The molecule has 2 saturated carbocycles. The van der Waals surface area contributed by atoms with Crippen LogP contribution in [0.5, 0.6) is 0 Å². The SMILES string of the molecule is CCCN(CC1CC1)C1CCC(=O)CC1. The molecule has 15 heavy (non-hydrogen) atoms. The number of nitrogens with zero attached hydrogens (tertiary/aromatic N) is 1. The minimum atomic E-state index is 0.481. The van der Waals surface area contributed by atoms with E-state index in [0.29, 0.717) is 11.8 Å². The molecule has 2 aliphatic rings. The second-order valence-corrected chi connectivity index (χ2v) is 5.21. The molecule has 0 N–H and O–H groups in total. The summed E-state index contributed by atoms with van der Waals surface area (Å²) in [5.74, 6) is 1.46. The Morgan fingerprint density at radius 3 is 2.40 bits per heavy atom. The minimum absolute atomic E-state index is 0.481. The summed E-state index contributed by atoms with van der Waals surface area (Å²) in [6.45, 7) is 4.79. The normalized spacial score (nSPS) is 23.7. The first kappa shape index (κ1) is 11.1. The topological polar surface area (TPSA) is 20.3 Å². The molecule has 0 unspecified atom stereocenters. The lowest BCUT2D eigenvalue weighted by atomic mass is 9.93. The van der Waals surface area contributed by atoms with Crippen LogP contribution >= 0.6 is 0 Å². The van der Waals surface area contributed by atoms with Gasteiger partial charge in [-0.1, -0.05) is 6.92 Å². The smallest absolute Gasteiger partial charge is 0.133 e. The molecule has 0 aliphatic heterocycles. The van der Waals surface area contributed by atoms with Crippen LogP contribution in [0.3, 0.4) is 0 Å². The Hall–Kier alpha value is -0.370. The van der Waals surface area contributed by atoms with E-state index in [-0.39, 0.29) is 0 Å². The number of hydrogen-bond acceptors (Lipinski definition) is 2. The summed E-state index contributed by atoms with van der Waals surface area (Å²) in [4.78, 5) is 13.9. The number of carbonyl (C=O) groups is 1. The van der Waals surface area contributed by atoms with E-state index in [9.17, 15) is 4.79 Å². The van der Waals surface area contributed by atoms with Gasteiger partial charge in [-0.15, -0.1) is 0 Å². The third-order valence-electron chi connectivity index (χ3n) is 3.73. The highest BCUT2D eigenvalue weighted by Gasteiger charge is 2.29. The van der Waals surface area contributed by atoms with Crippen LogP contribution in [0.1, 0.15) is 51.9 Å². The number of rotatable bonds is 5. The Bertz CT molecular complexity index is 213. The molecule has 2 heteroatoms. The third-order valence-corrected chi connectivity index (χ3v) is 3.73. The first-order chi connectivity index (χ1) is 7.29. The molecular formula is C13H23NO. The Labute approximate surface area is 93.0 Å². The van der Waals surface area contributed by atoms with Crippen molar-refractivity contribution in [3.05, 3.63) is 0 Å². The number of Topliss-reactive ketones (excluding diaryl/α,β-unsaturated/α-hetero) is 1. The van der Waals surface area contributed by atoms with Gasteiger partial charge in [-0.25, -0.2) is 0 Å². The largest absolute Gasteiger partial charge is 0.300 e. The van der Waals surface area contributed by atoms with Gasteiger partial charge < -0.3 is 4.90 Å². The van der Waals surface area contributed by atoms with Crippen LogP contribution in [0.4, 0.5) is 0 Å². The zero-order valence-corrected chi connectivity index (χ0v) is 9.87. The van der Waals surface area contributed by atoms with Crippen LogP contribution in [0.2, 0.25) is 0 Å². The van der Waals surface area contributed by atoms with Gasteiger partial charge in [0, 0.05) is 25.4 Å². The van der Waals surface area contributed by atoms with Gasteiger partial charge in [0.15, 0.2) is 0 Å². The van der Waals surface area contributed by atoms with Gasteiger partial charge >= 0.3 is 0 Å². The lowest BCUT2D eigenvalue weighted by molar-refractivity contribution is -0.121. The molecule has 86 valence electrons. The minimum Gasteiger partial charge on any atom is -0.300 e. The van der Waals surface area contributed by atoms with E-state index >= 15 is 0 Å². The van der Waals surface area contributed by atoms with Crippen molar-refractivity contribution in [2.24, 2.45) is 5.92 Å². The summed E-state index contributed by atoms with van der Waals surface area (Å²) in [7, 11) is 0. The summed E-state index contributed by atoms with van der Waals surface area (Å²) in [5.41, 5.74) is 0. The Morgan fingerprint density at radius 1 is 1.20 bits per heavy atom. The first-order valence-electron chi connectivity index (χ1n) is 6.55. The molecule has 0 spiro atoms. The van der Waals surface area contributed by atoms with Crippen LogP contribution in [0.15, 0.2) is 0 Å². The summed E-state index contributed by atoms with van der Waals surface area (Å²) < 4.78 is 0. The lowest BCUT2D eigenvalue weighted by Crippen LogP contribution is -2.40. The van der Waals surface area contributed by atoms with Crippen molar-refractivity contribution in [1.29, 1.82) is 0 Å². The van der Waals surface area contributed by atoms with Gasteiger partial charge in [-0.2, -0.15) is 0 Å². The van der Waals surface area contributed by atoms with Crippen LogP contribution in [0, 0.1) is 5.92 Å². The zero-order chi connectivity index (χ0) is 10.7. The van der Waals surface area contributed by atoms with E-state index in [2.05, 4.69) is 11.8 Å². The van der Waals surface area contributed by atoms with Gasteiger partial charge in [-0.05, 0) is 44.6 Å². The average molecular weight is 209 g/mol. The summed E-state index contributed by atoms with van der Waals surface area (Å²) in [6.07, 6.45) is 8.01. The van der Waals surface area contributed by atoms with E-state index in [1.54, 1.807) is 0 Å². The molecule has 2 rings (SSSR count). The fourth-order valence-corrected chi connectivity index (χ4v) is 2.63. The van der Waals surface area contributed by atoms with Crippen molar-refractivity contribution in [2.75, 3.05) is 13.1 Å². The van der Waals surface area contributed by atoms with Crippen LogP contribution in [-0.4, -0.2) is 29.8 Å². The molecule has 0 saturated heterocycles. The van der Waals surface area contributed by atoms with E-state index < -0.39 is 0 Å². The van der Waals surface area contributed by atoms with E-state index in [4.69, 9.17) is 0 Å². The van der Waals surface area contributed by atoms with Crippen molar-refractivity contribution in [2.45, 2.75) is 57.9 Å². The number of carbonyl (C=O) groups excluding carboxylic acids is 1. The molecule has 0 aromatic rings. The van der Waals surface area contributed by atoms with Gasteiger partial charge in [0.25, 0.3) is 0 Å². The fraction of sp³-hybridized carbons (Fsp3) is 0.923. The Kier molecular flexibility index (Phi) is 3.79. The number of hydrogen-bond donors (Lipinski definition) is 0. The van der Waals surface area contributed by atoms with E-state index in [0.717, 1.165) is 31.6 Å². The van der Waals surface area contributed by atoms with Gasteiger partial charge in [0.2, 0.25) is 0 Å². The van der Waals surface area contributed by atoms with Crippen LogP contribution < -0.4 is 0 Å². The quantitative estimate of drug-likeness (QED) is 0.693. The van der Waals surface area contributed by atoms with E-state index in [1.165, 1.54) is 32.4 Å². The monoisotopic (exact) mass is 209 g/mol. The van der Waals surface area contributed by atoms with E-state index in [1.807, 2.05) is 0 Å². The maximum Gasteiger partial charge on any atom is 0.133 e. The Balaban J connectivity index is 1.82. The molecule has 0 aromatic carbocycles. The maximum absolute atomic E-state index is 11.2. The van der Waals surface area contributed by atoms with Crippen molar-refractivity contribution in [3.63, 3.8) is 0 Å². The summed E-state index contributed by atoms with van der Waals surface area (Å²) >= 11 is 0. The molecule has 0 amide bonds. The Morgan fingerprint density at radius 2 is 1.87 bits per heavy atom. The van der Waals surface area contributed by atoms with Crippen molar-refractivity contribution in [1.82, 2.24) is 4.90 Å². The summed E-state index contributed by atoms with van der Waals surface area (Å²) in [6, 6.07) is 0.711. The standard InChI is InChI=1S/C13H23NO/c1-2-9-14(10-11-3-4-11)12-5-7-13(15)8-6-12/h11-12H,2-10H2,1H3. The van der Waals surface area contributed by atoms with Gasteiger partial charge in [-0.3, -0.25) is 4.79 Å². The molecular weight excluding hydrogens is 186 g/mol. The predicted molar refractivity (Wildman–Crippen MR) is 61.9 cm³/mol. The molecule has 2 aliphatic carbocycles. The fourth-order valence-electron chi connectivity index (χ4n) is 2.63.